The number of hydrogen-bond acceptors (Lipinski definition) is 4. The van der Waals surface area contributed by atoms with Crippen LogP contribution in [0.25, 0.3) is 11.1 Å². The first-order chi connectivity index (χ1) is 8.69. The van der Waals surface area contributed by atoms with Crippen LogP contribution in [0.5, 0.6) is 0 Å². The number of aromatic amines is 1. The summed E-state index contributed by atoms with van der Waals surface area (Å²) in [6.07, 6.45) is 0.398. The summed E-state index contributed by atoms with van der Waals surface area (Å²) in [5, 5.41) is 11.0. The molecular weight excluding hydrogens is 234 g/mol. The van der Waals surface area contributed by atoms with Gasteiger partial charge in [-0.15, -0.1) is 0 Å². The number of fused-ring (bicyclic) bond motifs is 1. The molecule has 0 aliphatic heterocycles. The molecule has 0 aliphatic carbocycles. The van der Waals surface area contributed by atoms with E-state index in [1.54, 1.807) is 18.2 Å². The van der Waals surface area contributed by atoms with Crippen LogP contribution >= 0.6 is 0 Å². The van der Waals surface area contributed by atoms with E-state index in [1.807, 2.05) is 6.07 Å². The van der Waals surface area contributed by atoms with Crippen molar-refractivity contribution in [1.29, 1.82) is 5.26 Å². The van der Waals surface area contributed by atoms with Gasteiger partial charge in [0, 0.05) is 19.4 Å². The first-order valence-corrected chi connectivity index (χ1v) is 5.44. The van der Waals surface area contributed by atoms with Crippen LogP contribution in [0.15, 0.2) is 27.4 Å². The maximum Gasteiger partial charge on any atom is 0.417 e. The van der Waals surface area contributed by atoms with Gasteiger partial charge in [-0.3, -0.25) is 9.78 Å². The second-order valence-corrected chi connectivity index (χ2v) is 3.78. The van der Waals surface area contributed by atoms with Crippen molar-refractivity contribution >= 4 is 17.0 Å². The number of aromatic nitrogens is 1. The van der Waals surface area contributed by atoms with E-state index < -0.39 is 5.76 Å². The lowest BCUT2D eigenvalue weighted by Crippen LogP contribution is -2.22. The Hall–Kier alpha value is -2.55. The number of nitrogens with zero attached hydrogens (tertiary/aromatic N) is 1. The Labute approximate surface area is 102 Å². The highest BCUT2D eigenvalue weighted by molar-refractivity contribution is 5.76. The zero-order chi connectivity index (χ0) is 13.0. The number of nitrogens with one attached hydrogen (secondary N) is 2. The van der Waals surface area contributed by atoms with Gasteiger partial charge in [-0.25, -0.2) is 4.79 Å². The summed E-state index contributed by atoms with van der Waals surface area (Å²) in [7, 11) is 0. The molecule has 0 saturated carbocycles. The molecule has 1 amide bonds. The third kappa shape index (κ3) is 2.77. The molecule has 2 aromatic rings. The predicted molar refractivity (Wildman–Crippen MR) is 63.5 cm³/mol. The Morgan fingerprint density at radius 1 is 1.50 bits per heavy atom. The lowest BCUT2D eigenvalue weighted by molar-refractivity contribution is -0.121. The van der Waals surface area contributed by atoms with Crippen LogP contribution in [0.2, 0.25) is 0 Å². The molecule has 6 heteroatoms. The van der Waals surface area contributed by atoms with Crippen molar-refractivity contribution in [2.24, 2.45) is 0 Å². The molecule has 18 heavy (non-hydrogen) atoms. The molecule has 0 spiro atoms. The van der Waals surface area contributed by atoms with E-state index in [0.29, 0.717) is 17.6 Å². The lowest BCUT2D eigenvalue weighted by atomic mass is 10.2. The van der Waals surface area contributed by atoms with Crippen LogP contribution in [0, 0.1) is 11.3 Å². The summed E-state index contributed by atoms with van der Waals surface area (Å²) < 4.78 is 4.91. The largest absolute Gasteiger partial charge is 0.417 e. The maximum absolute atomic E-state index is 11.3. The van der Waals surface area contributed by atoms with E-state index in [4.69, 9.17) is 9.68 Å². The fourth-order valence-electron chi connectivity index (χ4n) is 1.56. The summed E-state index contributed by atoms with van der Waals surface area (Å²) in [5.41, 5.74) is 1.92. The van der Waals surface area contributed by atoms with Crippen LogP contribution in [0.1, 0.15) is 18.4 Å². The van der Waals surface area contributed by atoms with Crippen molar-refractivity contribution in [3.63, 3.8) is 0 Å². The van der Waals surface area contributed by atoms with Gasteiger partial charge in [-0.2, -0.15) is 5.26 Å². The highest BCUT2D eigenvalue weighted by atomic mass is 16.4. The van der Waals surface area contributed by atoms with Gasteiger partial charge in [0.05, 0.1) is 11.6 Å². The number of amides is 1. The zero-order valence-electron chi connectivity index (χ0n) is 9.53. The van der Waals surface area contributed by atoms with Crippen LogP contribution < -0.4 is 11.1 Å². The molecule has 2 N–H and O–H groups in total. The van der Waals surface area contributed by atoms with Crippen LogP contribution in [0.3, 0.4) is 0 Å². The third-order valence-corrected chi connectivity index (χ3v) is 2.44. The van der Waals surface area contributed by atoms with Gasteiger partial charge in [0.1, 0.15) is 0 Å². The lowest BCUT2D eigenvalue weighted by Gasteiger charge is -2.03. The first-order valence-electron chi connectivity index (χ1n) is 5.44. The Balaban J connectivity index is 2.01. The van der Waals surface area contributed by atoms with Gasteiger partial charge >= 0.3 is 5.76 Å². The molecule has 0 radical (unpaired) electrons. The molecular formula is C12H11N3O3. The number of carbonyl (C=O) groups excluding carboxylic acids is 1. The molecule has 0 unspecified atom stereocenters. The fraction of sp³-hybridized carbons (Fsp3) is 0.250. The molecule has 6 nitrogen and oxygen atoms in total. The Morgan fingerprint density at radius 3 is 3.11 bits per heavy atom. The van der Waals surface area contributed by atoms with E-state index in [1.165, 1.54) is 0 Å². The topological polar surface area (TPSA) is 98.9 Å². The Kier molecular flexibility index (Phi) is 3.44. The summed E-state index contributed by atoms with van der Waals surface area (Å²) in [5.74, 6) is -0.674. The van der Waals surface area contributed by atoms with Crippen molar-refractivity contribution in [2.45, 2.75) is 19.4 Å². The van der Waals surface area contributed by atoms with E-state index >= 15 is 0 Å². The highest BCUT2D eigenvalue weighted by Gasteiger charge is 2.04. The second-order valence-electron chi connectivity index (χ2n) is 3.78. The number of nitriles is 1. The van der Waals surface area contributed by atoms with Gasteiger partial charge in [0.2, 0.25) is 5.91 Å². The van der Waals surface area contributed by atoms with Gasteiger partial charge in [-0.05, 0) is 17.7 Å². The summed E-state index contributed by atoms with van der Waals surface area (Å²) in [4.78, 5) is 24.8. The van der Waals surface area contributed by atoms with Gasteiger partial charge in [0.25, 0.3) is 0 Å². The number of rotatable bonds is 4. The maximum atomic E-state index is 11.3. The van der Waals surface area contributed by atoms with Gasteiger partial charge in [-0.1, -0.05) is 6.07 Å². The first kappa shape index (κ1) is 11.9. The zero-order valence-corrected chi connectivity index (χ0v) is 9.53. The fourth-order valence-corrected chi connectivity index (χ4v) is 1.56. The van der Waals surface area contributed by atoms with Crippen molar-refractivity contribution in [1.82, 2.24) is 10.3 Å². The van der Waals surface area contributed by atoms with E-state index in [9.17, 15) is 9.59 Å². The third-order valence-electron chi connectivity index (χ3n) is 2.44. The van der Waals surface area contributed by atoms with E-state index in [-0.39, 0.29) is 18.7 Å². The van der Waals surface area contributed by atoms with Crippen molar-refractivity contribution < 1.29 is 9.21 Å². The number of hydrogen-bond donors (Lipinski definition) is 2. The predicted octanol–water partition coefficient (Wildman–Crippen LogP) is 1.04. The molecule has 1 aromatic heterocycles. The standard InChI is InChI=1S/C12H11N3O3/c13-5-1-2-11(16)14-7-8-3-4-9-10(6-8)18-12(17)15-9/h3-4,6H,1-2,7H2,(H,14,16)(H,15,17). The van der Waals surface area contributed by atoms with Gasteiger partial charge in [0.15, 0.2) is 5.58 Å². The summed E-state index contributed by atoms with van der Waals surface area (Å²) in [6.45, 7) is 0.342. The second kappa shape index (κ2) is 5.19. The number of carbonyl (C=O) groups is 1. The Morgan fingerprint density at radius 2 is 2.33 bits per heavy atom. The Bertz CT molecular complexity index is 663. The molecule has 0 aliphatic rings. The van der Waals surface area contributed by atoms with E-state index in [0.717, 1.165) is 5.56 Å². The minimum atomic E-state index is -0.500. The quantitative estimate of drug-likeness (QED) is 0.840. The van der Waals surface area contributed by atoms with E-state index in [2.05, 4.69) is 10.3 Å². The molecule has 0 bridgehead atoms. The molecule has 1 aromatic carbocycles. The molecule has 0 fully saturated rings. The highest BCUT2D eigenvalue weighted by Crippen LogP contribution is 2.12. The minimum Gasteiger partial charge on any atom is -0.408 e. The molecule has 2 rings (SSSR count). The smallest absolute Gasteiger partial charge is 0.408 e. The average molecular weight is 245 g/mol. The normalized spacial score (nSPS) is 10.2. The SMILES string of the molecule is N#CCCC(=O)NCc1ccc2[nH]c(=O)oc2c1. The van der Waals surface area contributed by atoms with Crippen LogP contribution in [0.4, 0.5) is 0 Å². The van der Waals surface area contributed by atoms with Crippen LogP contribution in [-0.2, 0) is 11.3 Å². The van der Waals surface area contributed by atoms with Crippen molar-refractivity contribution in [2.75, 3.05) is 0 Å². The summed E-state index contributed by atoms with van der Waals surface area (Å²) in [6, 6.07) is 7.11. The molecule has 1 heterocycles. The molecule has 0 saturated heterocycles. The van der Waals surface area contributed by atoms with Crippen molar-refractivity contribution in [3.8, 4) is 6.07 Å². The molecule has 0 atom stereocenters. The average Bonchev–Trinajstić information content (AvgIpc) is 2.73. The van der Waals surface area contributed by atoms with Gasteiger partial charge < -0.3 is 9.73 Å². The summed E-state index contributed by atoms with van der Waals surface area (Å²) >= 11 is 0. The molecule has 92 valence electrons. The number of benzene rings is 1. The number of oxazole rings is 1. The van der Waals surface area contributed by atoms with Crippen LogP contribution in [-0.4, -0.2) is 10.9 Å². The number of H-pyrrole nitrogens is 1. The monoisotopic (exact) mass is 245 g/mol. The minimum absolute atomic E-state index is 0.174. The van der Waals surface area contributed by atoms with Crippen molar-refractivity contribution in [3.05, 3.63) is 34.3 Å².